The van der Waals surface area contributed by atoms with Crippen molar-refractivity contribution in [2.45, 2.75) is 19.8 Å². The quantitative estimate of drug-likeness (QED) is 0.340. The number of rotatable bonds is 5. The summed E-state index contributed by atoms with van der Waals surface area (Å²) in [4.78, 5) is 16.4. The highest BCUT2D eigenvalue weighted by Gasteiger charge is 2.22. The van der Waals surface area contributed by atoms with Crippen LogP contribution in [0.4, 0.5) is 5.69 Å². The van der Waals surface area contributed by atoms with Crippen LogP contribution in [0.2, 0.25) is 0 Å². The molecule has 1 heterocycles. The molecule has 0 saturated carbocycles. The standard InChI is InChI=1S/C15H18N4O2/c1-2-4-11(14(16)19-21)15(20)18-13-6-3-5-10-7-8-17-9-12(10)13/h3,5-9,11,21H,2,4H2,1H3,(H2,16,19)(H,18,20). The Morgan fingerprint density at radius 1 is 1.48 bits per heavy atom. The number of nitrogens with one attached hydrogen (secondary N) is 1. The number of carbonyl (C=O) groups is 1. The molecular weight excluding hydrogens is 268 g/mol. The molecule has 0 bridgehead atoms. The van der Waals surface area contributed by atoms with Crippen molar-refractivity contribution in [2.75, 3.05) is 5.32 Å². The molecule has 6 heteroatoms. The van der Waals surface area contributed by atoms with Crippen LogP contribution in [0, 0.1) is 5.92 Å². The molecule has 1 unspecified atom stereocenters. The molecule has 1 atom stereocenters. The molecule has 110 valence electrons. The van der Waals surface area contributed by atoms with Crippen molar-refractivity contribution in [1.82, 2.24) is 4.98 Å². The zero-order valence-corrected chi connectivity index (χ0v) is 11.8. The molecule has 2 rings (SSSR count). The molecule has 4 N–H and O–H groups in total. The molecular formula is C15H18N4O2. The summed E-state index contributed by atoms with van der Waals surface area (Å²) in [6.07, 6.45) is 4.67. The van der Waals surface area contributed by atoms with Crippen LogP contribution in [0.15, 0.2) is 41.8 Å². The monoisotopic (exact) mass is 286 g/mol. The highest BCUT2D eigenvalue weighted by Crippen LogP contribution is 2.23. The first-order chi connectivity index (χ1) is 10.2. The van der Waals surface area contributed by atoms with E-state index >= 15 is 0 Å². The zero-order valence-electron chi connectivity index (χ0n) is 11.8. The number of benzene rings is 1. The summed E-state index contributed by atoms with van der Waals surface area (Å²) >= 11 is 0. The predicted molar refractivity (Wildman–Crippen MR) is 82.2 cm³/mol. The van der Waals surface area contributed by atoms with Crippen molar-refractivity contribution in [3.8, 4) is 0 Å². The SMILES string of the molecule is CCCC(C(=O)Nc1cccc2ccncc12)/C(N)=N/O. The Morgan fingerprint density at radius 2 is 2.29 bits per heavy atom. The van der Waals surface area contributed by atoms with Gasteiger partial charge in [0, 0.05) is 17.8 Å². The van der Waals surface area contributed by atoms with Gasteiger partial charge in [0.15, 0.2) is 5.84 Å². The molecule has 0 spiro atoms. The number of hydrogen-bond donors (Lipinski definition) is 3. The van der Waals surface area contributed by atoms with Crippen LogP contribution in [0.1, 0.15) is 19.8 Å². The number of aromatic nitrogens is 1. The maximum absolute atomic E-state index is 12.3. The Morgan fingerprint density at radius 3 is 3.00 bits per heavy atom. The van der Waals surface area contributed by atoms with Crippen LogP contribution in [-0.2, 0) is 4.79 Å². The number of nitrogens with zero attached hydrogens (tertiary/aromatic N) is 2. The zero-order chi connectivity index (χ0) is 15.2. The van der Waals surface area contributed by atoms with Gasteiger partial charge in [0.2, 0.25) is 5.91 Å². The second kappa shape index (κ2) is 6.69. The second-order valence-corrected chi connectivity index (χ2v) is 4.76. The average Bonchev–Trinajstić information content (AvgIpc) is 2.52. The lowest BCUT2D eigenvalue weighted by molar-refractivity contribution is -0.118. The van der Waals surface area contributed by atoms with Crippen molar-refractivity contribution in [2.24, 2.45) is 16.8 Å². The third-order valence-corrected chi connectivity index (χ3v) is 3.31. The van der Waals surface area contributed by atoms with Gasteiger partial charge < -0.3 is 16.3 Å². The molecule has 21 heavy (non-hydrogen) atoms. The molecule has 0 aliphatic rings. The van der Waals surface area contributed by atoms with E-state index in [2.05, 4.69) is 15.5 Å². The summed E-state index contributed by atoms with van der Waals surface area (Å²) < 4.78 is 0. The smallest absolute Gasteiger partial charge is 0.235 e. The summed E-state index contributed by atoms with van der Waals surface area (Å²) in [5, 5.41) is 16.4. The van der Waals surface area contributed by atoms with E-state index in [9.17, 15) is 4.79 Å². The van der Waals surface area contributed by atoms with Gasteiger partial charge in [-0.25, -0.2) is 0 Å². The molecule has 6 nitrogen and oxygen atoms in total. The van der Waals surface area contributed by atoms with Crippen LogP contribution in [-0.4, -0.2) is 21.9 Å². The number of nitrogens with two attached hydrogens (primary N) is 1. The van der Waals surface area contributed by atoms with Crippen LogP contribution in [0.5, 0.6) is 0 Å². The summed E-state index contributed by atoms with van der Waals surface area (Å²) in [5.74, 6) is -1.01. The molecule has 0 radical (unpaired) electrons. The van der Waals surface area contributed by atoms with E-state index in [4.69, 9.17) is 10.9 Å². The van der Waals surface area contributed by atoms with E-state index in [0.717, 1.165) is 17.2 Å². The second-order valence-electron chi connectivity index (χ2n) is 4.76. The fourth-order valence-corrected chi connectivity index (χ4v) is 2.21. The third kappa shape index (κ3) is 3.28. The summed E-state index contributed by atoms with van der Waals surface area (Å²) in [6, 6.07) is 7.48. The normalized spacial score (nSPS) is 13.1. The number of anilines is 1. The van der Waals surface area contributed by atoms with Gasteiger partial charge in [-0.15, -0.1) is 0 Å². The molecule has 0 aliphatic heterocycles. The summed E-state index contributed by atoms with van der Waals surface area (Å²) in [5.41, 5.74) is 6.26. The van der Waals surface area contributed by atoms with E-state index in [1.807, 2.05) is 25.1 Å². The van der Waals surface area contributed by atoms with E-state index in [-0.39, 0.29) is 11.7 Å². The first-order valence-electron chi connectivity index (χ1n) is 6.78. The maximum Gasteiger partial charge on any atom is 0.235 e. The van der Waals surface area contributed by atoms with Crippen LogP contribution < -0.4 is 11.1 Å². The minimum absolute atomic E-state index is 0.0762. The first-order valence-corrected chi connectivity index (χ1v) is 6.78. The van der Waals surface area contributed by atoms with Gasteiger partial charge in [-0.2, -0.15) is 0 Å². The van der Waals surface area contributed by atoms with Crippen molar-refractivity contribution in [1.29, 1.82) is 0 Å². The minimum atomic E-state index is -0.646. The Labute approximate surface area is 122 Å². The van der Waals surface area contributed by atoms with E-state index in [1.54, 1.807) is 18.5 Å². The lowest BCUT2D eigenvalue weighted by Crippen LogP contribution is -2.34. The number of fused-ring (bicyclic) bond motifs is 1. The minimum Gasteiger partial charge on any atom is -0.409 e. The number of amidine groups is 1. The van der Waals surface area contributed by atoms with Crippen molar-refractivity contribution >= 4 is 28.2 Å². The Balaban J connectivity index is 2.28. The van der Waals surface area contributed by atoms with Crippen LogP contribution >= 0.6 is 0 Å². The number of pyridine rings is 1. The number of amides is 1. The van der Waals surface area contributed by atoms with E-state index in [1.165, 1.54) is 0 Å². The molecule has 0 aliphatic carbocycles. The molecule has 1 amide bonds. The number of oxime groups is 1. The predicted octanol–water partition coefficient (Wildman–Crippen LogP) is 2.34. The Hall–Kier alpha value is -2.63. The lowest BCUT2D eigenvalue weighted by atomic mass is 10.0. The van der Waals surface area contributed by atoms with Gasteiger partial charge >= 0.3 is 0 Å². The van der Waals surface area contributed by atoms with E-state index in [0.29, 0.717) is 12.1 Å². The molecule has 1 aromatic carbocycles. The first kappa shape index (κ1) is 14.8. The molecule has 0 saturated heterocycles. The summed E-state index contributed by atoms with van der Waals surface area (Å²) in [6.45, 7) is 1.94. The maximum atomic E-state index is 12.3. The molecule has 2 aromatic rings. The highest BCUT2D eigenvalue weighted by molar-refractivity contribution is 6.10. The largest absolute Gasteiger partial charge is 0.409 e. The number of carbonyl (C=O) groups excluding carboxylic acids is 1. The Bertz CT molecular complexity index is 664. The van der Waals surface area contributed by atoms with Gasteiger partial charge in [-0.1, -0.05) is 30.6 Å². The summed E-state index contributed by atoms with van der Waals surface area (Å²) in [7, 11) is 0. The number of hydrogen-bond acceptors (Lipinski definition) is 4. The van der Waals surface area contributed by atoms with Crippen molar-refractivity contribution in [3.05, 3.63) is 36.7 Å². The molecule has 1 aromatic heterocycles. The highest BCUT2D eigenvalue weighted by atomic mass is 16.4. The fourth-order valence-electron chi connectivity index (χ4n) is 2.21. The van der Waals surface area contributed by atoms with Gasteiger partial charge in [-0.05, 0) is 23.9 Å². The van der Waals surface area contributed by atoms with E-state index < -0.39 is 5.92 Å². The topological polar surface area (TPSA) is 101 Å². The van der Waals surface area contributed by atoms with Crippen LogP contribution in [0.3, 0.4) is 0 Å². The Kier molecular flexibility index (Phi) is 4.71. The third-order valence-electron chi connectivity index (χ3n) is 3.31. The average molecular weight is 286 g/mol. The van der Waals surface area contributed by atoms with Gasteiger partial charge in [-0.3, -0.25) is 9.78 Å². The molecule has 0 fully saturated rings. The van der Waals surface area contributed by atoms with Gasteiger partial charge in [0.1, 0.15) is 0 Å². The van der Waals surface area contributed by atoms with Gasteiger partial charge in [0.05, 0.1) is 11.6 Å². The van der Waals surface area contributed by atoms with Crippen molar-refractivity contribution < 1.29 is 10.0 Å². The van der Waals surface area contributed by atoms with Gasteiger partial charge in [0.25, 0.3) is 0 Å². The lowest BCUT2D eigenvalue weighted by Gasteiger charge is -2.15. The van der Waals surface area contributed by atoms with Crippen LogP contribution in [0.25, 0.3) is 10.8 Å². The fraction of sp³-hybridized carbons (Fsp3) is 0.267. The van der Waals surface area contributed by atoms with Crippen molar-refractivity contribution in [3.63, 3.8) is 0 Å².